The summed E-state index contributed by atoms with van der Waals surface area (Å²) >= 11 is 0. The highest BCUT2D eigenvalue weighted by Gasteiger charge is 1.97. The Morgan fingerprint density at radius 1 is 1.27 bits per heavy atom. The molecule has 0 saturated heterocycles. The van der Waals surface area contributed by atoms with Crippen molar-refractivity contribution in [2.45, 2.75) is 27.7 Å². The molecule has 0 saturated carbocycles. The smallest absolute Gasteiger partial charge is 0.0225 e. The maximum Gasteiger partial charge on any atom is -0.0225 e. The molecule has 1 rings (SSSR count). The lowest BCUT2D eigenvalue weighted by atomic mass is 10.0. The van der Waals surface area contributed by atoms with Crippen LogP contribution in [-0.2, 0) is 0 Å². The normalized spacial score (nSPS) is 11.3. The summed E-state index contributed by atoms with van der Waals surface area (Å²) in [5.41, 5.74) is 5.09. The van der Waals surface area contributed by atoms with Gasteiger partial charge in [-0.1, -0.05) is 61.9 Å². The highest BCUT2D eigenvalue weighted by Crippen LogP contribution is 2.15. The Morgan fingerprint density at radius 2 is 1.93 bits per heavy atom. The van der Waals surface area contributed by atoms with Gasteiger partial charge in [0.2, 0.25) is 0 Å². The summed E-state index contributed by atoms with van der Waals surface area (Å²) < 4.78 is 0. The minimum atomic E-state index is 0.520. The van der Waals surface area contributed by atoms with Crippen LogP contribution in [0.5, 0.6) is 0 Å². The Kier molecular flexibility index (Phi) is 3.90. The van der Waals surface area contributed by atoms with Crippen LogP contribution in [0.1, 0.15) is 30.5 Å². The minimum Gasteiger partial charge on any atom is -0.0956 e. The van der Waals surface area contributed by atoms with Crippen molar-refractivity contribution in [1.82, 2.24) is 0 Å². The molecule has 0 aromatic heterocycles. The average Bonchev–Trinajstić information content (AvgIpc) is 2.15. The van der Waals surface area contributed by atoms with E-state index in [0.717, 1.165) is 0 Å². The molecular formula is C15H20. The summed E-state index contributed by atoms with van der Waals surface area (Å²) in [5.74, 6) is 0.520. The fourth-order valence-corrected chi connectivity index (χ4v) is 1.40. The van der Waals surface area contributed by atoms with E-state index in [1.54, 1.807) is 0 Å². The van der Waals surface area contributed by atoms with Crippen LogP contribution >= 0.6 is 0 Å². The van der Waals surface area contributed by atoms with Crippen molar-refractivity contribution in [3.05, 3.63) is 53.1 Å². The first-order valence-corrected chi connectivity index (χ1v) is 5.45. The van der Waals surface area contributed by atoms with E-state index in [2.05, 4.69) is 64.6 Å². The van der Waals surface area contributed by atoms with Gasteiger partial charge in [0.15, 0.2) is 0 Å². The molecule has 0 radical (unpaired) electrons. The predicted octanol–water partition coefficient (Wildman–Crippen LogP) is 4.53. The fourth-order valence-electron chi connectivity index (χ4n) is 1.40. The third-order valence-electron chi connectivity index (χ3n) is 2.64. The molecule has 0 heterocycles. The highest BCUT2D eigenvalue weighted by molar-refractivity contribution is 5.56. The van der Waals surface area contributed by atoms with E-state index in [4.69, 9.17) is 0 Å². The second kappa shape index (κ2) is 4.97. The van der Waals surface area contributed by atoms with Crippen molar-refractivity contribution < 1.29 is 0 Å². The van der Waals surface area contributed by atoms with Crippen LogP contribution in [0.15, 0.2) is 36.4 Å². The molecule has 0 heteroatoms. The second-order valence-corrected chi connectivity index (χ2v) is 4.42. The van der Waals surface area contributed by atoms with Gasteiger partial charge >= 0.3 is 0 Å². The SMILES string of the molecule is C=C(/C=C\c1ccc(C)cc1C)C(C)C. The van der Waals surface area contributed by atoms with Gasteiger partial charge in [-0.2, -0.15) is 0 Å². The van der Waals surface area contributed by atoms with Crippen LogP contribution in [-0.4, -0.2) is 0 Å². The molecule has 0 N–H and O–H groups in total. The Balaban J connectivity index is 2.85. The number of hydrogen-bond donors (Lipinski definition) is 0. The number of aryl methyl sites for hydroxylation is 2. The van der Waals surface area contributed by atoms with Gasteiger partial charge in [0.05, 0.1) is 0 Å². The van der Waals surface area contributed by atoms with Gasteiger partial charge in [0.1, 0.15) is 0 Å². The molecule has 80 valence electrons. The Morgan fingerprint density at radius 3 is 2.47 bits per heavy atom. The van der Waals surface area contributed by atoms with Crippen LogP contribution in [0, 0.1) is 19.8 Å². The third kappa shape index (κ3) is 3.39. The van der Waals surface area contributed by atoms with E-state index < -0.39 is 0 Å². The summed E-state index contributed by atoms with van der Waals surface area (Å²) in [7, 11) is 0. The van der Waals surface area contributed by atoms with E-state index in [0.29, 0.717) is 5.92 Å². The van der Waals surface area contributed by atoms with Crippen LogP contribution in [0.4, 0.5) is 0 Å². The average molecular weight is 200 g/mol. The maximum absolute atomic E-state index is 4.03. The van der Waals surface area contributed by atoms with Gasteiger partial charge in [0.25, 0.3) is 0 Å². The van der Waals surface area contributed by atoms with Gasteiger partial charge in [-0.05, 0) is 30.9 Å². The monoisotopic (exact) mass is 200 g/mol. The second-order valence-electron chi connectivity index (χ2n) is 4.42. The van der Waals surface area contributed by atoms with Gasteiger partial charge in [-0.15, -0.1) is 0 Å². The van der Waals surface area contributed by atoms with Crippen molar-refractivity contribution in [3.63, 3.8) is 0 Å². The first-order chi connectivity index (χ1) is 7.00. The highest BCUT2D eigenvalue weighted by atomic mass is 14.0. The molecule has 0 atom stereocenters. The number of rotatable bonds is 3. The third-order valence-corrected chi connectivity index (χ3v) is 2.64. The molecular weight excluding hydrogens is 180 g/mol. The first-order valence-electron chi connectivity index (χ1n) is 5.45. The maximum atomic E-state index is 4.03. The molecule has 0 fully saturated rings. The number of allylic oxidation sites excluding steroid dienone is 2. The Hall–Kier alpha value is -1.30. The van der Waals surface area contributed by atoms with Gasteiger partial charge in [0, 0.05) is 0 Å². The number of benzene rings is 1. The summed E-state index contributed by atoms with van der Waals surface area (Å²) in [6.45, 7) is 12.6. The predicted molar refractivity (Wildman–Crippen MR) is 68.9 cm³/mol. The van der Waals surface area contributed by atoms with E-state index in [9.17, 15) is 0 Å². The standard InChI is InChI=1S/C15H20/c1-11(2)13(4)7-9-15-8-6-12(3)10-14(15)5/h6-11H,4H2,1-3,5H3/b9-7-. The number of hydrogen-bond acceptors (Lipinski definition) is 0. The van der Waals surface area contributed by atoms with E-state index >= 15 is 0 Å². The van der Waals surface area contributed by atoms with Crippen molar-refractivity contribution in [2.24, 2.45) is 5.92 Å². The molecule has 0 nitrogen and oxygen atoms in total. The van der Waals surface area contributed by atoms with E-state index in [1.807, 2.05) is 0 Å². The molecule has 0 amide bonds. The molecule has 15 heavy (non-hydrogen) atoms. The van der Waals surface area contributed by atoms with Crippen molar-refractivity contribution in [2.75, 3.05) is 0 Å². The Bertz CT molecular complexity index is 381. The molecule has 0 aliphatic heterocycles. The molecule has 0 unspecified atom stereocenters. The van der Waals surface area contributed by atoms with Gasteiger partial charge in [-0.3, -0.25) is 0 Å². The fraction of sp³-hybridized carbons (Fsp3) is 0.333. The lowest BCUT2D eigenvalue weighted by Gasteiger charge is -2.04. The zero-order chi connectivity index (χ0) is 11.4. The van der Waals surface area contributed by atoms with Crippen LogP contribution in [0.2, 0.25) is 0 Å². The molecule has 0 spiro atoms. The quantitative estimate of drug-likeness (QED) is 0.629. The topological polar surface area (TPSA) is 0 Å². The van der Waals surface area contributed by atoms with Gasteiger partial charge in [-0.25, -0.2) is 0 Å². The summed E-state index contributed by atoms with van der Waals surface area (Å²) in [4.78, 5) is 0. The molecule has 0 aliphatic rings. The van der Waals surface area contributed by atoms with Crippen LogP contribution in [0.25, 0.3) is 6.08 Å². The van der Waals surface area contributed by atoms with E-state index in [1.165, 1.54) is 22.3 Å². The minimum absolute atomic E-state index is 0.520. The first kappa shape index (κ1) is 11.8. The molecule has 0 aliphatic carbocycles. The molecule has 1 aromatic carbocycles. The zero-order valence-corrected chi connectivity index (χ0v) is 10.2. The summed E-state index contributed by atoms with van der Waals surface area (Å²) in [5, 5.41) is 0. The Labute approximate surface area is 93.3 Å². The van der Waals surface area contributed by atoms with E-state index in [-0.39, 0.29) is 0 Å². The summed E-state index contributed by atoms with van der Waals surface area (Å²) in [6.07, 6.45) is 4.26. The van der Waals surface area contributed by atoms with Crippen molar-refractivity contribution in [1.29, 1.82) is 0 Å². The lowest BCUT2D eigenvalue weighted by Crippen LogP contribution is -1.88. The van der Waals surface area contributed by atoms with Crippen LogP contribution in [0.3, 0.4) is 0 Å². The van der Waals surface area contributed by atoms with Gasteiger partial charge < -0.3 is 0 Å². The largest absolute Gasteiger partial charge is 0.0956 e. The van der Waals surface area contributed by atoms with Crippen molar-refractivity contribution in [3.8, 4) is 0 Å². The molecule has 0 bridgehead atoms. The van der Waals surface area contributed by atoms with Crippen LogP contribution < -0.4 is 0 Å². The summed E-state index contributed by atoms with van der Waals surface area (Å²) in [6, 6.07) is 6.51. The zero-order valence-electron chi connectivity index (χ0n) is 10.2. The molecule has 1 aromatic rings. The lowest BCUT2D eigenvalue weighted by molar-refractivity contribution is 0.796. The van der Waals surface area contributed by atoms with Crippen molar-refractivity contribution >= 4 is 6.08 Å².